The fourth-order valence-electron chi connectivity index (χ4n) is 2.57. The van der Waals surface area contributed by atoms with Crippen LogP contribution in [0.15, 0.2) is 45.6 Å². The van der Waals surface area contributed by atoms with Gasteiger partial charge in [-0.05, 0) is 26.0 Å². The van der Waals surface area contributed by atoms with E-state index in [1.54, 1.807) is 6.08 Å². The van der Waals surface area contributed by atoms with Crippen LogP contribution < -0.4 is 10.2 Å². The minimum atomic E-state index is -1.53. The smallest absolute Gasteiger partial charge is 0.197 e. The number of aromatic hydroxyl groups is 1. The highest BCUT2D eigenvalue weighted by Crippen LogP contribution is 2.35. The maximum absolute atomic E-state index is 12.3. The van der Waals surface area contributed by atoms with E-state index in [1.807, 2.05) is 0 Å². The number of phenolic OH excluding ortho intramolecular Hbond substituents is 1. The molecule has 0 amide bonds. The van der Waals surface area contributed by atoms with E-state index in [4.69, 9.17) is 9.15 Å². The molecule has 0 fully saturated rings. The number of allylic oxidation sites excluding steroid dienone is 2. The summed E-state index contributed by atoms with van der Waals surface area (Å²) >= 11 is 0. The Kier molecular flexibility index (Phi) is 3.55. The quantitative estimate of drug-likeness (QED) is 0.778. The summed E-state index contributed by atoms with van der Waals surface area (Å²) in [6.07, 6.45) is 4.44. The molecule has 0 saturated carbocycles. The van der Waals surface area contributed by atoms with E-state index < -0.39 is 16.6 Å². The normalized spacial score (nSPS) is 26.5. The van der Waals surface area contributed by atoms with Gasteiger partial charge in [0.25, 0.3) is 0 Å². The Balaban J connectivity index is 2.21. The second-order valence-electron chi connectivity index (χ2n) is 6.22. The lowest BCUT2D eigenvalue weighted by molar-refractivity contribution is -0.0693. The summed E-state index contributed by atoms with van der Waals surface area (Å²) in [5.74, 6) is 0.336. The molecule has 1 aliphatic rings. The molecule has 126 valence electrons. The van der Waals surface area contributed by atoms with Gasteiger partial charge in [-0.25, -0.2) is 0 Å². The van der Waals surface area contributed by atoms with Gasteiger partial charge in [0, 0.05) is 23.8 Å². The van der Waals surface area contributed by atoms with Gasteiger partial charge in [0.15, 0.2) is 5.43 Å². The highest BCUT2D eigenvalue weighted by atomic mass is 16.5. The van der Waals surface area contributed by atoms with Crippen molar-refractivity contribution in [1.82, 2.24) is 0 Å². The minimum absolute atomic E-state index is 0.0543. The molecule has 0 spiro atoms. The first-order chi connectivity index (χ1) is 11.1. The summed E-state index contributed by atoms with van der Waals surface area (Å²) in [4.78, 5) is 12.3. The lowest BCUT2D eigenvalue weighted by atomic mass is 9.80. The molecule has 1 aromatic heterocycles. The largest absolute Gasteiger partial charge is 0.507 e. The third-order valence-corrected chi connectivity index (χ3v) is 4.35. The number of phenols is 1. The van der Waals surface area contributed by atoms with Crippen molar-refractivity contribution in [3.8, 4) is 11.5 Å². The lowest BCUT2D eigenvalue weighted by Crippen LogP contribution is -2.48. The van der Waals surface area contributed by atoms with Crippen LogP contribution in [-0.2, 0) is 0 Å². The van der Waals surface area contributed by atoms with Crippen LogP contribution in [0.3, 0.4) is 0 Å². The highest BCUT2D eigenvalue weighted by Gasteiger charge is 2.40. The zero-order valence-electron chi connectivity index (χ0n) is 13.5. The number of fused-ring (bicyclic) bond motifs is 1. The van der Waals surface area contributed by atoms with E-state index in [1.165, 1.54) is 51.3 Å². The third kappa shape index (κ3) is 2.50. The molecular weight excluding hydrogens is 312 g/mol. The highest BCUT2D eigenvalue weighted by molar-refractivity contribution is 5.86. The molecule has 2 unspecified atom stereocenters. The summed E-state index contributed by atoms with van der Waals surface area (Å²) in [6, 6.07) is 4.07. The number of hydrogen-bond acceptors (Lipinski definition) is 6. The van der Waals surface area contributed by atoms with Gasteiger partial charge in [-0.3, -0.25) is 4.79 Å². The summed E-state index contributed by atoms with van der Waals surface area (Å²) in [5.41, 5.74) is -2.76. The molecule has 1 heterocycles. The van der Waals surface area contributed by atoms with Gasteiger partial charge in [-0.2, -0.15) is 0 Å². The second kappa shape index (κ2) is 5.22. The van der Waals surface area contributed by atoms with Gasteiger partial charge in [-0.15, -0.1) is 0 Å². The van der Waals surface area contributed by atoms with E-state index in [0.29, 0.717) is 11.3 Å². The first-order valence-corrected chi connectivity index (χ1v) is 7.37. The fourth-order valence-corrected chi connectivity index (χ4v) is 2.57. The average molecular weight is 330 g/mol. The number of hydrogen-bond donors (Lipinski definition) is 3. The van der Waals surface area contributed by atoms with E-state index in [0.717, 1.165) is 0 Å². The monoisotopic (exact) mass is 330 g/mol. The van der Waals surface area contributed by atoms with Crippen molar-refractivity contribution in [3.63, 3.8) is 0 Å². The van der Waals surface area contributed by atoms with Crippen molar-refractivity contribution < 1.29 is 24.5 Å². The van der Waals surface area contributed by atoms with E-state index in [-0.39, 0.29) is 22.5 Å². The summed E-state index contributed by atoms with van der Waals surface area (Å²) in [7, 11) is 1.44. The summed E-state index contributed by atoms with van der Waals surface area (Å²) in [5, 5.41) is 30.6. The predicted molar refractivity (Wildman–Crippen MR) is 89.1 cm³/mol. The number of ether oxygens (including phenoxy) is 1. The van der Waals surface area contributed by atoms with E-state index >= 15 is 0 Å². The first kappa shape index (κ1) is 16.3. The van der Waals surface area contributed by atoms with Crippen molar-refractivity contribution in [2.75, 3.05) is 7.11 Å². The van der Waals surface area contributed by atoms with Gasteiger partial charge < -0.3 is 24.5 Å². The van der Waals surface area contributed by atoms with E-state index in [2.05, 4.69) is 0 Å². The SMILES string of the molecule is COc1cc(O)c2c(=O)cc(C3=CC(C)(O)C(C)(O)C=C3)oc2c1. The summed E-state index contributed by atoms with van der Waals surface area (Å²) in [6.45, 7) is 2.95. The molecule has 2 aromatic rings. The topological polar surface area (TPSA) is 100 Å². The maximum atomic E-state index is 12.3. The molecule has 3 N–H and O–H groups in total. The van der Waals surface area contributed by atoms with Gasteiger partial charge in [0.1, 0.15) is 39.4 Å². The van der Waals surface area contributed by atoms with Gasteiger partial charge in [-0.1, -0.05) is 6.08 Å². The zero-order valence-corrected chi connectivity index (χ0v) is 13.5. The number of benzene rings is 1. The Hall–Kier alpha value is -2.57. The van der Waals surface area contributed by atoms with Gasteiger partial charge in [0.05, 0.1) is 7.11 Å². The Morgan fingerprint density at radius 3 is 2.46 bits per heavy atom. The van der Waals surface area contributed by atoms with Crippen LogP contribution in [-0.4, -0.2) is 33.6 Å². The molecule has 2 atom stereocenters. The fraction of sp³-hybridized carbons (Fsp3) is 0.278. The predicted octanol–water partition coefficient (Wildman–Crippen LogP) is 1.96. The average Bonchev–Trinajstić information content (AvgIpc) is 2.49. The van der Waals surface area contributed by atoms with Crippen LogP contribution in [0, 0.1) is 0 Å². The van der Waals surface area contributed by atoms with Crippen molar-refractivity contribution in [3.05, 3.63) is 52.4 Å². The number of aliphatic hydroxyl groups is 2. The molecule has 0 saturated heterocycles. The Morgan fingerprint density at radius 2 is 1.83 bits per heavy atom. The maximum Gasteiger partial charge on any atom is 0.197 e. The molecule has 1 aromatic carbocycles. The molecule has 6 heteroatoms. The van der Waals surface area contributed by atoms with Gasteiger partial charge >= 0.3 is 0 Å². The van der Waals surface area contributed by atoms with Crippen LogP contribution in [0.1, 0.15) is 19.6 Å². The number of methoxy groups -OCH3 is 1. The Morgan fingerprint density at radius 1 is 1.12 bits per heavy atom. The van der Waals surface area contributed by atoms with Crippen LogP contribution >= 0.6 is 0 Å². The molecule has 0 aliphatic heterocycles. The van der Waals surface area contributed by atoms with Gasteiger partial charge in [0.2, 0.25) is 0 Å². The Bertz CT molecular complexity index is 930. The van der Waals surface area contributed by atoms with Crippen LogP contribution in [0.2, 0.25) is 0 Å². The molecule has 6 nitrogen and oxygen atoms in total. The minimum Gasteiger partial charge on any atom is -0.507 e. The molecule has 24 heavy (non-hydrogen) atoms. The molecular formula is C18H18O6. The van der Waals surface area contributed by atoms with Crippen molar-refractivity contribution >= 4 is 16.5 Å². The Labute approximate surface area is 137 Å². The van der Waals surface area contributed by atoms with E-state index in [9.17, 15) is 20.1 Å². The van der Waals surface area contributed by atoms with Crippen molar-refractivity contribution in [2.24, 2.45) is 0 Å². The van der Waals surface area contributed by atoms with Crippen molar-refractivity contribution in [1.29, 1.82) is 0 Å². The standard InChI is InChI=1S/C18H18O6/c1-17(21)5-4-10(9-18(17,2)22)14-8-13(20)16-12(19)6-11(23-3)7-15(16)24-14/h4-9,19,21-22H,1-3H3. The second-order valence-corrected chi connectivity index (χ2v) is 6.22. The number of rotatable bonds is 2. The zero-order chi connectivity index (χ0) is 17.7. The lowest BCUT2D eigenvalue weighted by Gasteiger charge is -2.36. The molecule has 1 aliphatic carbocycles. The van der Waals surface area contributed by atoms with Crippen LogP contribution in [0.5, 0.6) is 11.5 Å². The molecule has 0 bridgehead atoms. The third-order valence-electron chi connectivity index (χ3n) is 4.35. The molecule has 3 rings (SSSR count). The van der Waals surface area contributed by atoms with Crippen LogP contribution in [0.25, 0.3) is 16.5 Å². The first-order valence-electron chi connectivity index (χ1n) is 7.37. The summed E-state index contributed by atoms with van der Waals surface area (Å²) < 4.78 is 10.8. The van der Waals surface area contributed by atoms with Crippen LogP contribution in [0.4, 0.5) is 0 Å². The van der Waals surface area contributed by atoms with Crippen molar-refractivity contribution in [2.45, 2.75) is 25.0 Å². The molecule has 0 radical (unpaired) electrons.